The third-order valence-corrected chi connectivity index (χ3v) is 3.82. The zero-order valence-electron chi connectivity index (χ0n) is 12.2. The van der Waals surface area contributed by atoms with Gasteiger partial charge in [-0.2, -0.15) is 0 Å². The third kappa shape index (κ3) is 2.79. The summed E-state index contributed by atoms with van der Waals surface area (Å²) in [5, 5.41) is 0. The first-order chi connectivity index (χ1) is 8.99. The van der Waals surface area contributed by atoms with Crippen LogP contribution in [-0.2, 0) is 4.74 Å². The average molecular weight is 265 g/mol. The van der Waals surface area contributed by atoms with Crippen molar-refractivity contribution in [3.63, 3.8) is 0 Å². The SMILES string of the molecule is COC1(C)CCCN(c2nc(C)nc(NN)c2C)C1. The van der Waals surface area contributed by atoms with Crippen LogP contribution in [0, 0.1) is 13.8 Å². The quantitative estimate of drug-likeness (QED) is 0.635. The van der Waals surface area contributed by atoms with Gasteiger partial charge in [-0.1, -0.05) is 0 Å². The van der Waals surface area contributed by atoms with Crippen molar-refractivity contribution in [1.82, 2.24) is 9.97 Å². The smallest absolute Gasteiger partial charge is 0.148 e. The molecule has 1 unspecified atom stereocenters. The number of nitrogens with two attached hydrogens (primary N) is 1. The number of piperidine rings is 1. The van der Waals surface area contributed by atoms with Gasteiger partial charge in [0.25, 0.3) is 0 Å². The van der Waals surface area contributed by atoms with Gasteiger partial charge < -0.3 is 15.1 Å². The number of nitrogens with zero attached hydrogens (tertiary/aromatic N) is 3. The van der Waals surface area contributed by atoms with E-state index in [1.165, 1.54) is 0 Å². The molecule has 1 atom stereocenters. The Balaban J connectivity index is 2.33. The van der Waals surface area contributed by atoms with Crippen molar-refractivity contribution in [1.29, 1.82) is 0 Å². The number of aromatic nitrogens is 2. The van der Waals surface area contributed by atoms with Crippen molar-refractivity contribution in [3.05, 3.63) is 11.4 Å². The number of ether oxygens (including phenoxy) is 1. The van der Waals surface area contributed by atoms with Crippen LogP contribution in [0.15, 0.2) is 0 Å². The lowest BCUT2D eigenvalue weighted by Gasteiger charge is -2.40. The Morgan fingerprint density at radius 3 is 2.74 bits per heavy atom. The molecular formula is C13H23N5O. The molecule has 106 valence electrons. The van der Waals surface area contributed by atoms with Crippen molar-refractivity contribution in [3.8, 4) is 0 Å². The maximum atomic E-state index is 5.63. The van der Waals surface area contributed by atoms with Crippen LogP contribution < -0.4 is 16.2 Å². The number of nitrogen functional groups attached to an aromatic ring is 1. The van der Waals surface area contributed by atoms with Crippen molar-refractivity contribution in [2.75, 3.05) is 30.5 Å². The molecule has 0 radical (unpaired) electrons. The fourth-order valence-electron chi connectivity index (χ4n) is 2.62. The number of hydrazine groups is 1. The maximum Gasteiger partial charge on any atom is 0.148 e. The molecule has 2 heterocycles. The first-order valence-corrected chi connectivity index (χ1v) is 6.61. The summed E-state index contributed by atoms with van der Waals surface area (Å²) in [6.07, 6.45) is 2.17. The molecule has 19 heavy (non-hydrogen) atoms. The van der Waals surface area contributed by atoms with E-state index < -0.39 is 0 Å². The van der Waals surface area contributed by atoms with E-state index in [-0.39, 0.29) is 5.60 Å². The summed E-state index contributed by atoms with van der Waals surface area (Å²) in [6, 6.07) is 0. The highest BCUT2D eigenvalue weighted by Crippen LogP contribution is 2.30. The summed E-state index contributed by atoms with van der Waals surface area (Å²) in [5.41, 5.74) is 3.51. The third-order valence-electron chi connectivity index (χ3n) is 3.82. The van der Waals surface area contributed by atoms with E-state index in [1.54, 1.807) is 7.11 Å². The van der Waals surface area contributed by atoms with E-state index in [0.717, 1.165) is 43.1 Å². The fraction of sp³-hybridized carbons (Fsp3) is 0.692. The van der Waals surface area contributed by atoms with Gasteiger partial charge in [-0.15, -0.1) is 0 Å². The van der Waals surface area contributed by atoms with Gasteiger partial charge in [0.05, 0.1) is 5.60 Å². The van der Waals surface area contributed by atoms with Crippen LogP contribution in [0.25, 0.3) is 0 Å². The van der Waals surface area contributed by atoms with Crippen molar-refractivity contribution < 1.29 is 4.74 Å². The lowest BCUT2D eigenvalue weighted by Crippen LogP contribution is -2.48. The lowest BCUT2D eigenvalue weighted by atomic mass is 9.94. The molecule has 0 bridgehead atoms. The van der Waals surface area contributed by atoms with E-state index in [4.69, 9.17) is 10.6 Å². The molecule has 1 aliphatic heterocycles. The summed E-state index contributed by atoms with van der Waals surface area (Å²) < 4.78 is 5.63. The van der Waals surface area contributed by atoms with Crippen molar-refractivity contribution >= 4 is 11.6 Å². The molecule has 0 spiro atoms. The first-order valence-electron chi connectivity index (χ1n) is 6.61. The molecule has 6 nitrogen and oxygen atoms in total. The summed E-state index contributed by atoms with van der Waals surface area (Å²) in [7, 11) is 1.77. The number of anilines is 2. The zero-order valence-corrected chi connectivity index (χ0v) is 12.2. The van der Waals surface area contributed by atoms with Gasteiger partial charge in [-0.25, -0.2) is 15.8 Å². The van der Waals surface area contributed by atoms with Gasteiger partial charge in [0, 0.05) is 25.8 Å². The van der Waals surface area contributed by atoms with E-state index in [0.29, 0.717) is 5.82 Å². The van der Waals surface area contributed by atoms with Gasteiger partial charge in [-0.05, 0) is 33.6 Å². The molecule has 1 saturated heterocycles. The van der Waals surface area contributed by atoms with Crippen molar-refractivity contribution in [2.24, 2.45) is 5.84 Å². The lowest BCUT2D eigenvalue weighted by molar-refractivity contribution is -0.00484. The fourth-order valence-corrected chi connectivity index (χ4v) is 2.62. The number of hydrogen-bond acceptors (Lipinski definition) is 6. The van der Waals surface area contributed by atoms with E-state index in [2.05, 4.69) is 27.2 Å². The standard InChI is InChI=1S/C13H23N5O/c1-9-11(17-14)15-10(2)16-12(9)18-7-5-6-13(3,8-18)19-4/h5-8,14H2,1-4H3,(H,15,16,17). The molecule has 1 aromatic heterocycles. The monoisotopic (exact) mass is 265 g/mol. The van der Waals surface area contributed by atoms with E-state index >= 15 is 0 Å². The van der Waals surface area contributed by atoms with Crippen LogP contribution in [0.2, 0.25) is 0 Å². The van der Waals surface area contributed by atoms with Gasteiger partial charge in [0.1, 0.15) is 17.5 Å². The molecule has 6 heteroatoms. The summed E-state index contributed by atoms with van der Waals surface area (Å²) in [6.45, 7) is 7.83. The normalized spacial score (nSPS) is 23.5. The number of methoxy groups -OCH3 is 1. The van der Waals surface area contributed by atoms with Gasteiger partial charge >= 0.3 is 0 Å². The van der Waals surface area contributed by atoms with Crippen LogP contribution in [0.4, 0.5) is 11.6 Å². The molecule has 0 amide bonds. The molecule has 2 rings (SSSR count). The zero-order chi connectivity index (χ0) is 14.0. The Morgan fingerprint density at radius 2 is 2.11 bits per heavy atom. The highest BCUT2D eigenvalue weighted by Gasteiger charge is 2.32. The highest BCUT2D eigenvalue weighted by atomic mass is 16.5. The summed E-state index contributed by atoms with van der Waals surface area (Å²) in [4.78, 5) is 11.1. The maximum absolute atomic E-state index is 5.63. The Kier molecular flexibility index (Phi) is 3.91. The van der Waals surface area contributed by atoms with Gasteiger partial charge in [-0.3, -0.25) is 0 Å². The molecule has 1 aliphatic rings. The second kappa shape index (κ2) is 5.30. The van der Waals surface area contributed by atoms with Crippen LogP contribution in [-0.4, -0.2) is 35.8 Å². The number of hydrogen-bond donors (Lipinski definition) is 2. The van der Waals surface area contributed by atoms with Crippen molar-refractivity contribution in [2.45, 2.75) is 39.2 Å². The molecule has 0 aromatic carbocycles. The Bertz CT molecular complexity index is 465. The molecule has 3 N–H and O–H groups in total. The Labute approximate surface area is 114 Å². The Morgan fingerprint density at radius 1 is 1.37 bits per heavy atom. The number of rotatable bonds is 3. The first kappa shape index (κ1) is 14.0. The van der Waals surface area contributed by atoms with Crippen LogP contribution in [0.5, 0.6) is 0 Å². The Hall–Kier alpha value is -1.40. The largest absolute Gasteiger partial charge is 0.377 e. The van der Waals surface area contributed by atoms with Crippen LogP contribution in [0.1, 0.15) is 31.2 Å². The molecule has 0 saturated carbocycles. The number of nitrogens with one attached hydrogen (secondary N) is 1. The minimum absolute atomic E-state index is 0.111. The summed E-state index contributed by atoms with van der Waals surface area (Å²) >= 11 is 0. The van der Waals surface area contributed by atoms with Crippen LogP contribution >= 0.6 is 0 Å². The van der Waals surface area contributed by atoms with E-state index in [1.807, 2.05) is 13.8 Å². The molecular weight excluding hydrogens is 242 g/mol. The van der Waals surface area contributed by atoms with Crippen LogP contribution in [0.3, 0.4) is 0 Å². The highest BCUT2D eigenvalue weighted by molar-refractivity contribution is 5.58. The van der Waals surface area contributed by atoms with Gasteiger partial charge in [0.2, 0.25) is 0 Å². The molecule has 1 fully saturated rings. The predicted molar refractivity (Wildman–Crippen MR) is 76.2 cm³/mol. The topological polar surface area (TPSA) is 76.3 Å². The minimum Gasteiger partial charge on any atom is -0.377 e. The predicted octanol–water partition coefficient (Wildman–Crippen LogP) is 1.38. The number of aryl methyl sites for hydroxylation is 1. The molecule has 1 aromatic rings. The second-order valence-corrected chi connectivity index (χ2v) is 5.39. The average Bonchev–Trinajstić information content (AvgIpc) is 2.41. The molecule has 0 aliphatic carbocycles. The second-order valence-electron chi connectivity index (χ2n) is 5.39. The van der Waals surface area contributed by atoms with Gasteiger partial charge in [0.15, 0.2) is 0 Å². The van der Waals surface area contributed by atoms with E-state index in [9.17, 15) is 0 Å². The summed E-state index contributed by atoms with van der Waals surface area (Å²) in [5.74, 6) is 7.87. The minimum atomic E-state index is -0.111.